The van der Waals surface area contributed by atoms with E-state index in [-0.39, 0.29) is 0 Å². The van der Waals surface area contributed by atoms with Gasteiger partial charge in [-0.1, -0.05) is 0 Å². The van der Waals surface area contributed by atoms with Gasteiger partial charge in [-0.25, -0.2) is 20.0 Å². The van der Waals surface area contributed by atoms with Crippen molar-refractivity contribution in [3.8, 4) is 0 Å². The van der Waals surface area contributed by atoms with Crippen LogP contribution in [-0.2, 0) is 16.2 Å². The molecule has 4 heterocycles. The molecule has 0 bridgehead atoms. The van der Waals surface area contributed by atoms with Crippen molar-refractivity contribution < 1.29 is 9.47 Å². The Hall–Kier alpha value is -1.15. The molecular weight excluding hydrogens is 372 g/mol. The van der Waals surface area contributed by atoms with Crippen LogP contribution in [0.3, 0.4) is 0 Å². The summed E-state index contributed by atoms with van der Waals surface area (Å²) in [6.07, 6.45) is 14.5. The molecule has 156 valence electrons. The number of aromatic nitrogens is 3. The highest BCUT2D eigenvalue weighted by atomic mass is 32.3. The first kappa shape index (κ1) is 20.1. The maximum absolute atomic E-state index is 6.02. The van der Waals surface area contributed by atoms with Gasteiger partial charge in [0.05, 0.1) is 25.1 Å². The average Bonchev–Trinajstić information content (AvgIpc) is 3.33. The first-order valence-electron chi connectivity index (χ1n) is 10.4. The van der Waals surface area contributed by atoms with Gasteiger partial charge in [-0.2, -0.15) is 0 Å². The molecule has 0 radical (unpaired) electrons. The molecule has 4 rings (SSSR count). The summed E-state index contributed by atoms with van der Waals surface area (Å²) in [4.78, 5) is 9.91. The van der Waals surface area contributed by atoms with Gasteiger partial charge in [0.25, 0.3) is 0 Å². The third-order valence-corrected chi connectivity index (χ3v) is 7.20. The zero-order valence-corrected chi connectivity index (χ0v) is 18.3. The summed E-state index contributed by atoms with van der Waals surface area (Å²) in [6, 6.07) is 0. The molecule has 0 aromatic carbocycles. The summed E-state index contributed by atoms with van der Waals surface area (Å²) in [5, 5.41) is 3.47. The van der Waals surface area contributed by atoms with E-state index < -0.39 is 10.0 Å². The van der Waals surface area contributed by atoms with Crippen LogP contribution in [-0.4, -0.2) is 72.0 Å². The van der Waals surface area contributed by atoms with Crippen molar-refractivity contribution in [3.05, 3.63) is 23.7 Å². The van der Waals surface area contributed by atoms with Crippen molar-refractivity contribution in [2.75, 3.05) is 57.4 Å². The van der Waals surface area contributed by atoms with E-state index in [9.17, 15) is 0 Å². The largest absolute Gasteiger partial charge is 0.381 e. The minimum atomic E-state index is -0.529. The zero-order chi connectivity index (χ0) is 19.6. The molecule has 2 saturated heterocycles. The van der Waals surface area contributed by atoms with Crippen LogP contribution < -0.4 is 5.32 Å². The van der Waals surface area contributed by atoms with Gasteiger partial charge in [0.2, 0.25) is 0 Å². The van der Waals surface area contributed by atoms with Crippen LogP contribution in [0.2, 0.25) is 0 Å². The molecule has 0 saturated carbocycles. The van der Waals surface area contributed by atoms with Gasteiger partial charge in [0.1, 0.15) is 12.2 Å². The predicted octanol–water partition coefficient (Wildman–Crippen LogP) is 3.07. The number of nitrogens with one attached hydrogen (secondary N) is 1. The standard InChI is InChI=1S/C21H34N4O2S/c1-28(2,3)11-10-27-15-25-13-18(16-4-7-22-8-5-16)20-21(25)23-12-19(24-20)17-6-9-26-14-17/h12-13,16-17,22H,4-11,14-15H2,1-3H3. The SMILES string of the molecule is CS(C)(C)CCOCn1cc(C2CCNCC2)c2nc(C3CCOC3)cnc21. The summed E-state index contributed by atoms with van der Waals surface area (Å²) >= 11 is 0. The average molecular weight is 407 g/mol. The van der Waals surface area contributed by atoms with Crippen molar-refractivity contribution >= 4 is 21.2 Å². The molecule has 2 fully saturated rings. The second kappa shape index (κ2) is 8.69. The lowest BCUT2D eigenvalue weighted by atomic mass is 9.91. The number of fused-ring (bicyclic) bond motifs is 1. The highest BCUT2D eigenvalue weighted by Gasteiger charge is 2.25. The molecule has 2 aliphatic heterocycles. The number of ether oxygens (including phenoxy) is 2. The highest BCUT2D eigenvalue weighted by molar-refractivity contribution is 8.32. The lowest BCUT2D eigenvalue weighted by Crippen LogP contribution is -2.26. The predicted molar refractivity (Wildman–Crippen MR) is 117 cm³/mol. The van der Waals surface area contributed by atoms with Crippen LogP contribution in [0.15, 0.2) is 12.4 Å². The molecule has 0 amide bonds. The van der Waals surface area contributed by atoms with E-state index in [0.29, 0.717) is 18.6 Å². The number of hydrogen-bond donors (Lipinski definition) is 1. The Bertz CT molecular complexity index is 790. The van der Waals surface area contributed by atoms with Crippen LogP contribution in [0, 0.1) is 0 Å². The molecule has 0 spiro atoms. The van der Waals surface area contributed by atoms with Gasteiger partial charge in [0.15, 0.2) is 5.65 Å². The maximum Gasteiger partial charge on any atom is 0.160 e. The molecule has 1 N–H and O–H groups in total. The van der Waals surface area contributed by atoms with Crippen LogP contribution in [0.5, 0.6) is 0 Å². The molecule has 1 atom stereocenters. The van der Waals surface area contributed by atoms with E-state index in [1.165, 1.54) is 5.56 Å². The molecule has 6 nitrogen and oxygen atoms in total. The third kappa shape index (κ3) is 4.70. The molecular formula is C21H34N4O2S. The van der Waals surface area contributed by atoms with Gasteiger partial charge < -0.3 is 19.4 Å². The Balaban J connectivity index is 1.59. The van der Waals surface area contributed by atoms with Gasteiger partial charge in [-0.05, 0) is 57.0 Å². The first-order valence-corrected chi connectivity index (χ1v) is 13.4. The summed E-state index contributed by atoms with van der Waals surface area (Å²) in [6.45, 7) is 5.10. The number of nitrogens with zero attached hydrogens (tertiary/aromatic N) is 3. The van der Waals surface area contributed by atoms with Crippen LogP contribution in [0.4, 0.5) is 0 Å². The lowest BCUT2D eigenvalue weighted by molar-refractivity contribution is 0.0922. The highest BCUT2D eigenvalue weighted by Crippen LogP contribution is 2.34. The number of piperidine rings is 1. The van der Waals surface area contributed by atoms with Gasteiger partial charge >= 0.3 is 0 Å². The Kier molecular flexibility index (Phi) is 6.25. The van der Waals surface area contributed by atoms with Crippen molar-refractivity contribution in [1.82, 2.24) is 19.9 Å². The summed E-state index contributed by atoms with van der Waals surface area (Å²) in [5.74, 6) is 2.06. The summed E-state index contributed by atoms with van der Waals surface area (Å²) < 4.78 is 13.7. The Morgan fingerprint density at radius 2 is 2.04 bits per heavy atom. The van der Waals surface area contributed by atoms with Crippen LogP contribution in [0.25, 0.3) is 11.2 Å². The number of rotatable bonds is 7. The molecule has 7 heteroatoms. The molecule has 2 aliphatic rings. The van der Waals surface area contributed by atoms with E-state index in [1.807, 2.05) is 6.20 Å². The lowest BCUT2D eigenvalue weighted by Gasteiger charge is -2.24. The summed E-state index contributed by atoms with van der Waals surface area (Å²) in [5.41, 5.74) is 4.45. The smallest absolute Gasteiger partial charge is 0.160 e. The van der Waals surface area contributed by atoms with E-state index in [1.54, 1.807) is 0 Å². The quantitative estimate of drug-likeness (QED) is 0.716. The summed E-state index contributed by atoms with van der Waals surface area (Å²) in [7, 11) is -0.529. The Morgan fingerprint density at radius 1 is 1.21 bits per heavy atom. The topological polar surface area (TPSA) is 61.2 Å². The van der Waals surface area contributed by atoms with Gasteiger partial charge in [-0.3, -0.25) is 0 Å². The van der Waals surface area contributed by atoms with Crippen molar-refractivity contribution in [2.24, 2.45) is 0 Å². The van der Waals surface area contributed by atoms with Gasteiger partial charge in [-0.15, -0.1) is 0 Å². The van der Waals surface area contributed by atoms with E-state index in [2.05, 4.69) is 34.8 Å². The number of hydrogen-bond acceptors (Lipinski definition) is 5. The van der Waals surface area contributed by atoms with Gasteiger partial charge in [0, 0.05) is 30.0 Å². The Labute approximate surface area is 169 Å². The fraction of sp³-hybridized carbons (Fsp3) is 0.714. The van der Waals surface area contributed by atoms with Crippen LogP contribution >= 0.6 is 10.0 Å². The third-order valence-electron chi connectivity index (χ3n) is 5.81. The molecule has 0 aliphatic carbocycles. The maximum atomic E-state index is 6.02. The first-order chi connectivity index (χ1) is 13.5. The fourth-order valence-corrected chi connectivity index (χ4v) is 4.67. The fourth-order valence-electron chi connectivity index (χ4n) is 4.06. The van der Waals surface area contributed by atoms with Crippen LogP contribution in [0.1, 0.15) is 42.4 Å². The second-order valence-electron chi connectivity index (χ2n) is 8.94. The minimum Gasteiger partial charge on any atom is -0.381 e. The molecule has 1 unspecified atom stereocenters. The normalized spacial score (nSPS) is 22.2. The molecule has 2 aromatic heterocycles. The monoisotopic (exact) mass is 406 g/mol. The van der Waals surface area contributed by atoms with E-state index >= 15 is 0 Å². The Morgan fingerprint density at radius 3 is 2.75 bits per heavy atom. The van der Waals surface area contributed by atoms with Crippen molar-refractivity contribution in [1.29, 1.82) is 0 Å². The van der Waals surface area contributed by atoms with E-state index in [4.69, 9.17) is 19.4 Å². The van der Waals surface area contributed by atoms with Crippen molar-refractivity contribution in [3.63, 3.8) is 0 Å². The zero-order valence-electron chi connectivity index (χ0n) is 17.4. The van der Waals surface area contributed by atoms with Crippen molar-refractivity contribution in [2.45, 2.75) is 37.8 Å². The second-order valence-corrected chi connectivity index (χ2v) is 13.5. The molecule has 28 heavy (non-hydrogen) atoms. The minimum absolute atomic E-state index is 0.382. The van der Waals surface area contributed by atoms with E-state index in [0.717, 1.165) is 74.8 Å². The molecule has 2 aromatic rings.